The van der Waals surface area contributed by atoms with Crippen LogP contribution in [0.2, 0.25) is 0 Å². The summed E-state index contributed by atoms with van der Waals surface area (Å²) in [5.41, 5.74) is 1.69. The number of amides is 2. The lowest BCUT2D eigenvalue weighted by atomic mass is 10.1. The topological polar surface area (TPSA) is 49.4 Å². The average Bonchev–Trinajstić information content (AvgIpc) is 2.55. The normalized spacial score (nSPS) is 17.8. The second kappa shape index (κ2) is 4.41. The van der Waals surface area contributed by atoms with Gasteiger partial charge in [-0.25, -0.2) is 0 Å². The van der Waals surface area contributed by atoms with E-state index < -0.39 is 6.04 Å². The molecular formula is C13H14N2O2. The van der Waals surface area contributed by atoms with Crippen LogP contribution in [0.15, 0.2) is 36.9 Å². The number of para-hydroxylation sites is 1. The van der Waals surface area contributed by atoms with Crippen LogP contribution in [0.1, 0.15) is 18.5 Å². The van der Waals surface area contributed by atoms with Gasteiger partial charge in [0.25, 0.3) is 5.91 Å². The van der Waals surface area contributed by atoms with Crippen molar-refractivity contribution in [2.45, 2.75) is 13.0 Å². The monoisotopic (exact) mass is 230 g/mol. The van der Waals surface area contributed by atoms with Gasteiger partial charge in [0, 0.05) is 24.7 Å². The number of fused-ring (bicyclic) bond motifs is 1. The van der Waals surface area contributed by atoms with Gasteiger partial charge < -0.3 is 10.2 Å². The van der Waals surface area contributed by atoms with Gasteiger partial charge in [-0.1, -0.05) is 24.3 Å². The van der Waals surface area contributed by atoms with E-state index >= 15 is 0 Å². The van der Waals surface area contributed by atoms with E-state index in [0.29, 0.717) is 6.54 Å². The third-order valence-corrected chi connectivity index (χ3v) is 2.71. The summed E-state index contributed by atoms with van der Waals surface area (Å²) in [7, 11) is 0. The van der Waals surface area contributed by atoms with Crippen LogP contribution < -0.4 is 10.2 Å². The van der Waals surface area contributed by atoms with Crippen LogP contribution in [0.4, 0.5) is 5.69 Å². The van der Waals surface area contributed by atoms with Crippen molar-refractivity contribution in [3.05, 3.63) is 42.5 Å². The van der Waals surface area contributed by atoms with Crippen LogP contribution in [0.25, 0.3) is 0 Å². The van der Waals surface area contributed by atoms with Gasteiger partial charge in [-0.3, -0.25) is 9.59 Å². The maximum Gasteiger partial charge on any atom is 0.254 e. The Balaban J connectivity index is 2.41. The first-order valence-electron chi connectivity index (χ1n) is 5.43. The SMILES string of the molecule is C=CCN1C(=O)[C@H](NC(C)=O)c2ccccc21. The number of carbonyl (C=O) groups is 2. The highest BCUT2D eigenvalue weighted by molar-refractivity contribution is 6.06. The standard InChI is InChI=1S/C13H14N2O2/c1-3-8-15-11-7-5-4-6-10(11)12(13(15)17)14-9(2)16/h3-7,12H,1,8H2,2H3,(H,14,16)/t12-/m1/s1. The van der Waals surface area contributed by atoms with Crippen molar-refractivity contribution in [2.24, 2.45) is 0 Å². The van der Waals surface area contributed by atoms with Gasteiger partial charge in [0.15, 0.2) is 0 Å². The first-order valence-corrected chi connectivity index (χ1v) is 5.43. The van der Waals surface area contributed by atoms with Gasteiger partial charge in [0.05, 0.1) is 0 Å². The van der Waals surface area contributed by atoms with Crippen LogP contribution in [-0.2, 0) is 9.59 Å². The Bertz CT molecular complexity index is 482. The number of benzene rings is 1. The lowest BCUT2D eigenvalue weighted by Gasteiger charge is -2.15. The van der Waals surface area contributed by atoms with Crippen molar-refractivity contribution in [3.63, 3.8) is 0 Å². The molecule has 1 aromatic rings. The smallest absolute Gasteiger partial charge is 0.254 e. The minimum absolute atomic E-state index is 0.110. The molecule has 17 heavy (non-hydrogen) atoms. The molecule has 0 spiro atoms. The third-order valence-electron chi connectivity index (χ3n) is 2.71. The van der Waals surface area contributed by atoms with Crippen molar-refractivity contribution >= 4 is 17.5 Å². The van der Waals surface area contributed by atoms with E-state index in [1.807, 2.05) is 24.3 Å². The van der Waals surface area contributed by atoms with E-state index in [9.17, 15) is 9.59 Å². The molecule has 2 amide bonds. The molecule has 0 radical (unpaired) electrons. The highest BCUT2D eigenvalue weighted by Gasteiger charge is 2.36. The van der Waals surface area contributed by atoms with Crippen LogP contribution in [0.5, 0.6) is 0 Å². The summed E-state index contributed by atoms with van der Waals surface area (Å²) in [5, 5.41) is 2.67. The molecule has 1 heterocycles. The van der Waals surface area contributed by atoms with Crippen LogP contribution >= 0.6 is 0 Å². The summed E-state index contributed by atoms with van der Waals surface area (Å²) < 4.78 is 0. The maximum atomic E-state index is 12.2. The minimum Gasteiger partial charge on any atom is -0.341 e. The zero-order valence-corrected chi connectivity index (χ0v) is 9.64. The van der Waals surface area contributed by atoms with E-state index in [4.69, 9.17) is 0 Å². The molecule has 4 heteroatoms. The molecule has 1 aliphatic rings. The zero-order chi connectivity index (χ0) is 12.4. The van der Waals surface area contributed by atoms with Crippen LogP contribution in [-0.4, -0.2) is 18.4 Å². The fourth-order valence-electron chi connectivity index (χ4n) is 2.05. The molecule has 1 atom stereocenters. The molecule has 0 aromatic heterocycles. The molecule has 88 valence electrons. The molecule has 0 fully saturated rings. The molecule has 0 saturated heterocycles. The maximum absolute atomic E-state index is 12.2. The van der Waals surface area contributed by atoms with E-state index in [0.717, 1.165) is 11.3 Å². The zero-order valence-electron chi connectivity index (χ0n) is 9.64. The molecule has 2 rings (SSSR count). The Morgan fingerprint density at radius 2 is 2.24 bits per heavy atom. The quantitative estimate of drug-likeness (QED) is 0.798. The Labute approximate surface area is 99.9 Å². The fraction of sp³-hybridized carbons (Fsp3) is 0.231. The number of anilines is 1. The summed E-state index contributed by atoms with van der Waals surface area (Å²) in [5.74, 6) is -0.320. The molecule has 0 bridgehead atoms. The Morgan fingerprint density at radius 1 is 1.53 bits per heavy atom. The predicted octanol–water partition coefficient (Wildman–Crippen LogP) is 1.40. The molecule has 0 saturated carbocycles. The van der Waals surface area contributed by atoms with Crippen molar-refractivity contribution in [1.29, 1.82) is 0 Å². The fourth-order valence-corrected chi connectivity index (χ4v) is 2.05. The Kier molecular flexibility index (Phi) is 2.95. The van der Waals surface area contributed by atoms with Gasteiger partial charge >= 0.3 is 0 Å². The molecule has 1 aliphatic heterocycles. The number of hydrogen-bond acceptors (Lipinski definition) is 2. The molecule has 1 N–H and O–H groups in total. The van der Waals surface area contributed by atoms with E-state index in [1.165, 1.54) is 6.92 Å². The number of rotatable bonds is 3. The molecule has 0 unspecified atom stereocenters. The van der Waals surface area contributed by atoms with E-state index in [1.54, 1.807) is 11.0 Å². The first kappa shape index (κ1) is 11.4. The molecule has 1 aromatic carbocycles. The second-order valence-corrected chi connectivity index (χ2v) is 3.93. The minimum atomic E-state index is -0.566. The third kappa shape index (κ3) is 1.93. The van der Waals surface area contributed by atoms with Crippen molar-refractivity contribution in [2.75, 3.05) is 11.4 Å². The Hall–Kier alpha value is -2.10. The van der Waals surface area contributed by atoms with Crippen molar-refractivity contribution in [3.8, 4) is 0 Å². The number of carbonyl (C=O) groups excluding carboxylic acids is 2. The Morgan fingerprint density at radius 3 is 2.88 bits per heavy atom. The number of hydrogen-bond donors (Lipinski definition) is 1. The summed E-state index contributed by atoms with van der Waals surface area (Å²) in [4.78, 5) is 24.9. The summed E-state index contributed by atoms with van der Waals surface area (Å²) >= 11 is 0. The lowest BCUT2D eigenvalue weighted by Crippen LogP contribution is -2.36. The second-order valence-electron chi connectivity index (χ2n) is 3.93. The van der Waals surface area contributed by atoms with Gasteiger partial charge in [-0.05, 0) is 6.07 Å². The van der Waals surface area contributed by atoms with Crippen LogP contribution in [0.3, 0.4) is 0 Å². The summed E-state index contributed by atoms with van der Waals surface area (Å²) in [6, 6.07) is 6.90. The average molecular weight is 230 g/mol. The van der Waals surface area contributed by atoms with Gasteiger partial charge in [0.2, 0.25) is 5.91 Å². The number of nitrogens with one attached hydrogen (secondary N) is 1. The first-order chi connectivity index (χ1) is 8.15. The molecule has 0 aliphatic carbocycles. The number of nitrogens with zero attached hydrogens (tertiary/aromatic N) is 1. The van der Waals surface area contributed by atoms with E-state index in [-0.39, 0.29) is 11.8 Å². The lowest BCUT2D eigenvalue weighted by molar-refractivity contribution is -0.126. The summed E-state index contributed by atoms with van der Waals surface area (Å²) in [6.07, 6.45) is 1.67. The van der Waals surface area contributed by atoms with Gasteiger partial charge in [-0.2, -0.15) is 0 Å². The summed E-state index contributed by atoms with van der Waals surface area (Å²) in [6.45, 7) is 5.50. The van der Waals surface area contributed by atoms with E-state index in [2.05, 4.69) is 11.9 Å². The van der Waals surface area contributed by atoms with Gasteiger partial charge in [0.1, 0.15) is 6.04 Å². The van der Waals surface area contributed by atoms with Gasteiger partial charge in [-0.15, -0.1) is 6.58 Å². The largest absolute Gasteiger partial charge is 0.341 e. The predicted molar refractivity (Wildman–Crippen MR) is 65.5 cm³/mol. The van der Waals surface area contributed by atoms with Crippen molar-refractivity contribution < 1.29 is 9.59 Å². The molecule has 4 nitrogen and oxygen atoms in total. The highest BCUT2D eigenvalue weighted by atomic mass is 16.2. The highest BCUT2D eigenvalue weighted by Crippen LogP contribution is 2.35. The van der Waals surface area contributed by atoms with Crippen molar-refractivity contribution in [1.82, 2.24) is 5.32 Å². The van der Waals surface area contributed by atoms with Crippen LogP contribution in [0, 0.1) is 0 Å². The molecular weight excluding hydrogens is 216 g/mol.